The molecule has 9 heteroatoms. The van der Waals surface area contributed by atoms with Crippen molar-refractivity contribution in [2.75, 3.05) is 19.3 Å². The van der Waals surface area contributed by atoms with Crippen molar-refractivity contribution in [1.29, 1.82) is 0 Å². The summed E-state index contributed by atoms with van der Waals surface area (Å²) in [7, 11) is -2.25. The summed E-state index contributed by atoms with van der Waals surface area (Å²) >= 11 is 13.6. The van der Waals surface area contributed by atoms with Crippen molar-refractivity contribution in [3.05, 3.63) is 63.6 Å². The van der Waals surface area contributed by atoms with Crippen molar-refractivity contribution in [2.24, 2.45) is 0 Å². The first kappa shape index (κ1) is 21.1. The van der Waals surface area contributed by atoms with Crippen LogP contribution in [0, 0.1) is 0 Å². The quantitative estimate of drug-likeness (QED) is 0.625. The molecule has 0 aromatic heterocycles. The molecule has 2 N–H and O–H groups in total. The molecular weight excluding hydrogens is 415 g/mol. The summed E-state index contributed by atoms with van der Waals surface area (Å²) in [5, 5.41) is 3.99. The van der Waals surface area contributed by atoms with Crippen LogP contribution in [0.5, 0.6) is 0 Å². The van der Waals surface area contributed by atoms with Crippen LogP contribution in [0.15, 0.2) is 47.4 Å². The minimum atomic E-state index is -3.58. The molecular formula is C17H18Cl2N2O3S2. The van der Waals surface area contributed by atoms with Crippen LogP contribution >= 0.6 is 35.0 Å². The zero-order valence-electron chi connectivity index (χ0n) is 14.0. The molecule has 0 saturated carbocycles. The minimum Gasteiger partial charge on any atom is -0.351 e. The number of amides is 1. The third-order valence-electron chi connectivity index (χ3n) is 3.48. The van der Waals surface area contributed by atoms with E-state index in [-0.39, 0.29) is 10.8 Å². The Kier molecular flexibility index (Phi) is 7.79. The zero-order valence-corrected chi connectivity index (χ0v) is 17.1. The first-order chi connectivity index (χ1) is 12.3. The predicted molar refractivity (Wildman–Crippen MR) is 108 cm³/mol. The molecule has 0 radical (unpaired) electrons. The third-order valence-corrected chi connectivity index (χ3v) is 6.49. The number of carbonyl (C=O) groups is 1. The van der Waals surface area contributed by atoms with Gasteiger partial charge in [-0.2, -0.15) is 11.8 Å². The Bertz CT molecular complexity index is 889. The molecule has 5 nitrogen and oxygen atoms in total. The second-order valence-corrected chi connectivity index (χ2v) is 9.11. The Balaban J connectivity index is 1.83. The Morgan fingerprint density at radius 2 is 1.92 bits per heavy atom. The molecule has 140 valence electrons. The number of carbonyl (C=O) groups excluding carboxylic acids is 1. The van der Waals surface area contributed by atoms with E-state index in [4.69, 9.17) is 23.2 Å². The van der Waals surface area contributed by atoms with Gasteiger partial charge in [0.1, 0.15) is 0 Å². The monoisotopic (exact) mass is 432 g/mol. The number of benzene rings is 2. The van der Waals surface area contributed by atoms with Crippen LogP contribution in [0.4, 0.5) is 0 Å². The molecule has 0 fully saturated rings. The maximum absolute atomic E-state index is 12.2. The first-order valence-electron chi connectivity index (χ1n) is 7.67. The Morgan fingerprint density at radius 3 is 2.62 bits per heavy atom. The average Bonchev–Trinajstić information content (AvgIpc) is 2.63. The molecule has 0 unspecified atom stereocenters. The molecule has 0 aliphatic rings. The van der Waals surface area contributed by atoms with Gasteiger partial charge in [-0.05, 0) is 42.9 Å². The number of halogens is 2. The maximum atomic E-state index is 12.2. The number of rotatable bonds is 8. The molecule has 2 rings (SSSR count). The van der Waals surface area contributed by atoms with Gasteiger partial charge in [0.25, 0.3) is 5.91 Å². The van der Waals surface area contributed by atoms with Gasteiger partial charge in [0.05, 0.1) is 4.90 Å². The highest BCUT2D eigenvalue weighted by molar-refractivity contribution is 7.98. The highest BCUT2D eigenvalue weighted by Crippen LogP contribution is 2.24. The standard InChI is InChI=1S/C17H18Cl2N2O3S2/c1-20-26(23,24)15-4-2-3-12(9-15)17(22)21-7-8-25-11-13-5-6-14(18)10-16(13)19/h2-6,9-10,20H,7-8,11H2,1H3,(H,21,22). The van der Waals surface area contributed by atoms with Crippen molar-refractivity contribution in [3.8, 4) is 0 Å². The van der Waals surface area contributed by atoms with Gasteiger partial charge in [0.15, 0.2) is 0 Å². The predicted octanol–water partition coefficient (Wildman–Crippen LogP) is 3.56. The van der Waals surface area contributed by atoms with Gasteiger partial charge in [0, 0.05) is 33.7 Å². The number of thioether (sulfide) groups is 1. The summed E-state index contributed by atoms with van der Waals surface area (Å²) < 4.78 is 25.8. The normalized spacial score (nSPS) is 11.3. The zero-order chi connectivity index (χ0) is 19.2. The van der Waals surface area contributed by atoms with Crippen LogP contribution in [-0.4, -0.2) is 33.7 Å². The first-order valence-corrected chi connectivity index (χ1v) is 11.1. The van der Waals surface area contributed by atoms with E-state index in [0.717, 1.165) is 5.56 Å². The van der Waals surface area contributed by atoms with E-state index in [1.807, 2.05) is 6.07 Å². The van der Waals surface area contributed by atoms with Crippen LogP contribution < -0.4 is 10.0 Å². The molecule has 0 heterocycles. The highest BCUT2D eigenvalue weighted by atomic mass is 35.5. The molecule has 26 heavy (non-hydrogen) atoms. The van der Waals surface area contributed by atoms with Crippen molar-refractivity contribution >= 4 is 50.9 Å². The van der Waals surface area contributed by atoms with Gasteiger partial charge < -0.3 is 5.32 Å². The largest absolute Gasteiger partial charge is 0.351 e. The summed E-state index contributed by atoms with van der Waals surface area (Å²) in [6.07, 6.45) is 0. The summed E-state index contributed by atoms with van der Waals surface area (Å²) in [5.41, 5.74) is 1.28. The summed E-state index contributed by atoms with van der Waals surface area (Å²) in [6.45, 7) is 0.456. The molecule has 0 saturated heterocycles. The number of hydrogen-bond donors (Lipinski definition) is 2. The number of hydrogen-bond acceptors (Lipinski definition) is 4. The van der Waals surface area contributed by atoms with E-state index in [0.29, 0.717) is 33.7 Å². The van der Waals surface area contributed by atoms with Crippen LogP contribution in [0.2, 0.25) is 10.0 Å². The van der Waals surface area contributed by atoms with Gasteiger partial charge in [-0.1, -0.05) is 35.3 Å². The smallest absolute Gasteiger partial charge is 0.251 e. The maximum Gasteiger partial charge on any atom is 0.251 e. The molecule has 1 amide bonds. The van der Waals surface area contributed by atoms with Crippen LogP contribution in [-0.2, 0) is 15.8 Å². The SMILES string of the molecule is CNS(=O)(=O)c1cccc(C(=O)NCCSCc2ccc(Cl)cc2Cl)c1. The Labute approximate surface area is 167 Å². The number of nitrogens with one attached hydrogen (secondary N) is 2. The van der Waals surface area contributed by atoms with Crippen molar-refractivity contribution in [1.82, 2.24) is 10.0 Å². The summed E-state index contributed by atoms with van der Waals surface area (Å²) in [6, 6.07) is 11.3. The molecule has 0 aliphatic carbocycles. The second-order valence-electron chi connectivity index (χ2n) is 5.28. The van der Waals surface area contributed by atoms with Crippen LogP contribution in [0.3, 0.4) is 0 Å². The van der Waals surface area contributed by atoms with Gasteiger partial charge in [-0.3, -0.25) is 4.79 Å². The lowest BCUT2D eigenvalue weighted by atomic mass is 10.2. The molecule has 0 bridgehead atoms. The fourth-order valence-electron chi connectivity index (χ4n) is 2.08. The van der Waals surface area contributed by atoms with Crippen molar-refractivity contribution in [2.45, 2.75) is 10.6 Å². The van der Waals surface area contributed by atoms with Crippen molar-refractivity contribution in [3.63, 3.8) is 0 Å². The summed E-state index contributed by atoms with van der Waals surface area (Å²) in [5.74, 6) is 1.09. The lowest BCUT2D eigenvalue weighted by molar-refractivity contribution is 0.0956. The lowest BCUT2D eigenvalue weighted by Gasteiger charge is -2.08. The van der Waals surface area contributed by atoms with Gasteiger partial charge in [-0.15, -0.1) is 0 Å². The van der Waals surface area contributed by atoms with E-state index in [1.165, 1.54) is 25.2 Å². The molecule has 0 atom stereocenters. The topological polar surface area (TPSA) is 75.3 Å². The van der Waals surface area contributed by atoms with Gasteiger partial charge >= 0.3 is 0 Å². The highest BCUT2D eigenvalue weighted by Gasteiger charge is 2.14. The molecule has 2 aromatic carbocycles. The number of sulfonamides is 1. The van der Waals surface area contributed by atoms with Gasteiger partial charge in [0.2, 0.25) is 10.0 Å². The minimum absolute atomic E-state index is 0.0550. The van der Waals surface area contributed by atoms with Crippen molar-refractivity contribution < 1.29 is 13.2 Å². The fraction of sp³-hybridized carbons (Fsp3) is 0.235. The Hall–Kier alpha value is -1.25. The average molecular weight is 433 g/mol. The van der Waals surface area contributed by atoms with Gasteiger partial charge in [-0.25, -0.2) is 13.1 Å². The fourth-order valence-corrected chi connectivity index (χ4v) is 4.27. The van der Waals surface area contributed by atoms with E-state index >= 15 is 0 Å². The van der Waals surface area contributed by atoms with E-state index < -0.39 is 10.0 Å². The Morgan fingerprint density at radius 1 is 1.15 bits per heavy atom. The second kappa shape index (κ2) is 9.62. The third kappa shape index (κ3) is 5.89. The van der Waals surface area contributed by atoms with Crippen LogP contribution in [0.25, 0.3) is 0 Å². The lowest BCUT2D eigenvalue weighted by Crippen LogP contribution is -2.26. The van der Waals surface area contributed by atoms with E-state index in [2.05, 4.69) is 10.0 Å². The van der Waals surface area contributed by atoms with Crippen LogP contribution in [0.1, 0.15) is 15.9 Å². The van der Waals surface area contributed by atoms with E-state index in [9.17, 15) is 13.2 Å². The van der Waals surface area contributed by atoms with E-state index in [1.54, 1.807) is 30.0 Å². The molecule has 0 aliphatic heterocycles. The summed E-state index contributed by atoms with van der Waals surface area (Å²) in [4.78, 5) is 12.2. The molecule has 2 aromatic rings. The molecule has 0 spiro atoms.